The van der Waals surface area contributed by atoms with Crippen molar-refractivity contribution in [2.45, 2.75) is 13.8 Å². The van der Waals surface area contributed by atoms with Crippen molar-refractivity contribution in [3.63, 3.8) is 0 Å². The van der Waals surface area contributed by atoms with Crippen LogP contribution < -0.4 is 0 Å². The summed E-state index contributed by atoms with van der Waals surface area (Å²) in [5, 5.41) is 0.105. The highest BCUT2D eigenvalue weighted by Crippen LogP contribution is 2.31. The lowest BCUT2D eigenvalue weighted by atomic mass is 10.1. The molecule has 0 aliphatic rings. The van der Waals surface area contributed by atoms with Gasteiger partial charge in [0.05, 0.1) is 9.90 Å². The first-order valence-corrected chi connectivity index (χ1v) is 6.78. The van der Waals surface area contributed by atoms with Crippen LogP contribution in [0.1, 0.15) is 23.5 Å². The molecule has 0 saturated heterocycles. The lowest BCUT2D eigenvalue weighted by molar-refractivity contribution is 0.0943. The Hall–Kier alpha value is -1.19. The van der Waals surface area contributed by atoms with E-state index in [0.717, 1.165) is 10.4 Å². The first kappa shape index (κ1) is 13.2. The molecular formula is C14H12ClFOS. The monoisotopic (exact) mass is 282 g/mol. The van der Waals surface area contributed by atoms with Gasteiger partial charge in [0, 0.05) is 10.8 Å². The summed E-state index contributed by atoms with van der Waals surface area (Å²) in [7, 11) is 0. The van der Waals surface area contributed by atoms with E-state index in [1.54, 1.807) is 12.1 Å². The standard InChI is InChI=1S/C14H12ClFOS/c1-8(2)14(17)13-6-5-12(18-13)9-3-4-10(15)11(16)7-9/h3-8H,1-2H3. The fraction of sp³-hybridized carbons (Fsp3) is 0.214. The Kier molecular flexibility index (Phi) is 3.83. The highest BCUT2D eigenvalue weighted by atomic mass is 35.5. The minimum absolute atomic E-state index is 0.0292. The molecule has 0 atom stereocenters. The number of rotatable bonds is 3. The molecule has 0 spiro atoms. The second kappa shape index (κ2) is 5.21. The Balaban J connectivity index is 2.35. The molecule has 1 aromatic carbocycles. The third kappa shape index (κ3) is 2.62. The number of carbonyl (C=O) groups is 1. The zero-order valence-electron chi connectivity index (χ0n) is 10.0. The van der Waals surface area contributed by atoms with Crippen LogP contribution in [-0.2, 0) is 0 Å². The Morgan fingerprint density at radius 2 is 2.00 bits per heavy atom. The first-order valence-electron chi connectivity index (χ1n) is 5.58. The number of thiophene rings is 1. The molecule has 0 amide bonds. The van der Waals surface area contributed by atoms with Crippen LogP contribution in [0.25, 0.3) is 10.4 Å². The molecule has 0 fully saturated rings. The summed E-state index contributed by atoms with van der Waals surface area (Å²) in [6.45, 7) is 3.73. The van der Waals surface area contributed by atoms with Crippen LogP contribution in [0.3, 0.4) is 0 Å². The SMILES string of the molecule is CC(C)C(=O)c1ccc(-c2ccc(Cl)c(F)c2)s1. The zero-order valence-corrected chi connectivity index (χ0v) is 11.6. The number of halogens is 2. The Bertz CT molecular complexity index is 589. The normalized spacial score (nSPS) is 10.9. The molecule has 0 N–H and O–H groups in total. The lowest BCUT2D eigenvalue weighted by Crippen LogP contribution is -2.04. The fourth-order valence-electron chi connectivity index (χ4n) is 1.56. The van der Waals surface area contributed by atoms with Crippen LogP contribution >= 0.6 is 22.9 Å². The number of Topliss-reactive ketones (excluding diaryl/α,β-unsaturated/α-hetero) is 1. The number of hydrogen-bond donors (Lipinski definition) is 0. The predicted octanol–water partition coefficient (Wildman–Crippen LogP) is 5.05. The molecule has 18 heavy (non-hydrogen) atoms. The van der Waals surface area contributed by atoms with Gasteiger partial charge in [0.2, 0.25) is 0 Å². The van der Waals surface area contributed by atoms with Gasteiger partial charge in [-0.1, -0.05) is 31.5 Å². The van der Waals surface area contributed by atoms with Gasteiger partial charge in [-0.3, -0.25) is 4.79 Å². The maximum atomic E-state index is 13.4. The first-order chi connectivity index (χ1) is 8.49. The highest BCUT2D eigenvalue weighted by molar-refractivity contribution is 7.17. The van der Waals surface area contributed by atoms with E-state index in [1.165, 1.54) is 23.5 Å². The van der Waals surface area contributed by atoms with Gasteiger partial charge in [0.1, 0.15) is 5.82 Å². The molecule has 0 radical (unpaired) electrons. The van der Waals surface area contributed by atoms with Gasteiger partial charge < -0.3 is 0 Å². The van der Waals surface area contributed by atoms with Gasteiger partial charge in [0.15, 0.2) is 5.78 Å². The van der Waals surface area contributed by atoms with Crippen LogP contribution in [0.5, 0.6) is 0 Å². The number of ketones is 1. The second-order valence-electron chi connectivity index (χ2n) is 4.31. The summed E-state index contributed by atoms with van der Waals surface area (Å²) in [6.07, 6.45) is 0. The molecule has 94 valence electrons. The van der Waals surface area contributed by atoms with Crippen molar-refractivity contribution in [3.8, 4) is 10.4 Å². The average Bonchev–Trinajstić information content (AvgIpc) is 2.81. The topological polar surface area (TPSA) is 17.1 Å². The summed E-state index contributed by atoms with van der Waals surface area (Å²) in [5.74, 6) is -0.363. The molecule has 0 saturated carbocycles. The third-order valence-electron chi connectivity index (χ3n) is 2.58. The van der Waals surface area contributed by atoms with Crippen molar-refractivity contribution in [3.05, 3.63) is 46.0 Å². The molecule has 1 aromatic heterocycles. The predicted molar refractivity (Wildman–Crippen MR) is 73.9 cm³/mol. The smallest absolute Gasteiger partial charge is 0.175 e. The average molecular weight is 283 g/mol. The zero-order chi connectivity index (χ0) is 13.3. The summed E-state index contributed by atoms with van der Waals surface area (Å²) in [6, 6.07) is 8.28. The Morgan fingerprint density at radius 1 is 1.28 bits per heavy atom. The quantitative estimate of drug-likeness (QED) is 0.720. The van der Waals surface area contributed by atoms with Crippen molar-refractivity contribution in [2.24, 2.45) is 5.92 Å². The van der Waals surface area contributed by atoms with Crippen LogP contribution in [-0.4, -0.2) is 5.78 Å². The summed E-state index contributed by atoms with van der Waals surface area (Å²) in [4.78, 5) is 13.4. The van der Waals surface area contributed by atoms with Crippen LogP contribution in [0.15, 0.2) is 30.3 Å². The van der Waals surface area contributed by atoms with Crippen molar-refractivity contribution < 1.29 is 9.18 Å². The van der Waals surface area contributed by atoms with E-state index in [2.05, 4.69) is 0 Å². The Labute approximate surface area is 114 Å². The largest absolute Gasteiger partial charge is 0.293 e. The second-order valence-corrected chi connectivity index (χ2v) is 5.80. The maximum Gasteiger partial charge on any atom is 0.175 e. The van der Waals surface area contributed by atoms with Gasteiger partial charge >= 0.3 is 0 Å². The summed E-state index contributed by atoms with van der Waals surface area (Å²) < 4.78 is 13.4. The van der Waals surface area contributed by atoms with Crippen molar-refractivity contribution >= 4 is 28.7 Å². The minimum atomic E-state index is -0.445. The maximum absolute atomic E-state index is 13.4. The van der Waals surface area contributed by atoms with Crippen LogP contribution in [0.2, 0.25) is 5.02 Å². The van der Waals surface area contributed by atoms with Gasteiger partial charge in [-0.2, -0.15) is 0 Å². The molecule has 0 aliphatic carbocycles. The highest BCUT2D eigenvalue weighted by Gasteiger charge is 2.14. The van der Waals surface area contributed by atoms with E-state index >= 15 is 0 Å². The molecule has 1 heterocycles. The number of hydrogen-bond acceptors (Lipinski definition) is 2. The lowest BCUT2D eigenvalue weighted by Gasteiger charge is -2.00. The number of carbonyl (C=O) groups excluding carboxylic acids is 1. The molecule has 0 unspecified atom stereocenters. The van der Waals surface area contributed by atoms with Crippen molar-refractivity contribution in [2.75, 3.05) is 0 Å². The third-order valence-corrected chi connectivity index (χ3v) is 4.03. The summed E-state index contributed by atoms with van der Waals surface area (Å²) >= 11 is 7.02. The fourth-order valence-corrected chi connectivity index (χ4v) is 2.77. The molecule has 0 aliphatic heterocycles. The van der Waals surface area contributed by atoms with Crippen LogP contribution in [0.4, 0.5) is 4.39 Å². The van der Waals surface area contributed by atoms with Crippen LogP contribution in [0, 0.1) is 11.7 Å². The van der Waals surface area contributed by atoms with E-state index in [1.807, 2.05) is 19.9 Å². The molecule has 0 bridgehead atoms. The van der Waals surface area contributed by atoms with Crippen molar-refractivity contribution in [1.29, 1.82) is 0 Å². The van der Waals surface area contributed by atoms with E-state index in [4.69, 9.17) is 11.6 Å². The van der Waals surface area contributed by atoms with Gasteiger partial charge in [-0.05, 0) is 29.8 Å². The van der Waals surface area contributed by atoms with E-state index in [-0.39, 0.29) is 16.7 Å². The minimum Gasteiger partial charge on any atom is -0.293 e. The Morgan fingerprint density at radius 3 is 2.61 bits per heavy atom. The molecular weight excluding hydrogens is 271 g/mol. The van der Waals surface area contributed by atoms with Gasteiger partial charge in [-0.15, -0.1) is 11.3 Å². The number of benzene rings is 1. The van der Waals surface area contributed by atoms with E-state index < -0.39 is 5.82 Å². The summed E-state index contributed by atoms with van der Waals surface area (Å²) in [5.41, 5.74) is 0.740. The van der Waals surface area contributed by atoms with Crippen molar-refractivity contribution in [1.82, 2.24) is 0 Å². The van der Waals surface area contributed by atoms with Gasteiger partial charge in [0.25, 0.3) is 0 Å². The molecule has 2 aromatic rings. The van der Waals surface area contributed by atoms with Gasteiger partial charge in [-0.25, -0.2) is 4.39 Å². The molecule has 4 heteroatoms. The molecule has 1 nitrogen and oxygen atoms in total. The molecule has 2 rings (SSSR count). The van der Waals surface area contributed by atoms with E-state index in [9.17, 15) is 9.18 Å². The van der Waals surface area contributed by atoms with E-state index in [0.29, 0.717) is 4.88 Å².